The summed E-state index contributed by atoms with van der Waals surface area (Å²) in [7, 11) is 0. The Morgan fingerprint density at radius 1 is 0.962 bits per heavy atom. The van der Waals surface area contributed by atoms with Crippen molar-refractivity contribution in [1.82, 2.24) is 4.98 Å². The lowest BCUT2D eigenvalue weighted by Gasteiger charge is -2.28. The molecule has 0 N–H and O–H groups in total. The molecule has 0 aliphatic carbocycles. The van der Waals surface area contributed by atoms with Crippen molar-refractivity contribution < 1.29 is 30.7 Å². The van der Waals surface area contributed by atoms with Gasteiger partial charge in [-0.15, -0.1) is 0 Å². The topological polar surface area (TPSA) is 12.9 Å². The SMILES string of the molecule is FC(F)(F)C(F)(F)C(F)(F)Sc1cc(Br)cc(Br)c1-c1ccc(Cl)nc1. The van der Waals surface area contributed by atoms with Crippen molar-refractivity contribution in [3.63, 3.8) is 0 Å². The third-order valence-corrected chi connectivity index (χ3v) is 5.36. The van der Waals surface area contributed by atoms with Gasteiger partial charge in [-0.05, 0) is 36.0 Å². The first kappa shape index (κ1) is 21.8. The minimum absolute atomic E-state index is 0.0278. The molecule has 26 heavy (non-hydrogen) atoms. The number of pyridine rings is 1. The molecule has 0 aliphatic heterocycles. The molecule has 2 aromatic rings. The molecule has 0 amide bonds. The van der Waals surface area contributed by atoms with Gasteiger partial charge < -0.3 is 0 Å². The Morgan fingerprint density at radius 2 is 1.58 bits per heavy atom. The molecule has 2 rings (SSSR count). The molecule has 0 spiro atoms. The first-order valence-corrected chi connectivity index (χ1v) is 9.16. The number of alkyl halides is 7. The number of thioether (sulfide) groups is 1. The molecule has 0 atom stereocenters. The Balaban J connectivity index is 2.58. The molecule has 0 fully saturated rings. The monoisotopic (exact) mass is 545 g/mol. The number of aromatic nitrogens is 1. The molecule has 0 aliphatic rings. The number of hydrogen-bond donors (Lipinski definition) is 0. The number of hydrogen-bond acceptors (Lipinski definition) is 2. The van der Waals surface area contributed by atoms with Crippen LogP contribution >= 0.6 is 55.2 Å². The zero-order chi connectivity index (χ0) is 19.9. The normalized spacial score (nSPS) is 13.2. The lowest BCUT2D eigenvalue weighted by Crippen LogP contribution is -2.49. The van der Waals surface area contributed by atoms with Crippen molar-refractivity contribution in [3.8, 4) is 11.1 Å². The van der Waals surface area contributed by atoms with Gasteiger partial charge in [0.1, 0.15) is 5.15 Å². The molecule has 0 radical (unpaired) electrons. The van der Waals surface area contributed by atoms with E-state index in [1.807, 2.05) is 0 Å². The molecule has 1 aromatic carbocycles. The molecule has 142 valence electrons. The molecular formula is C14H5Br2ClF7NS. The molecular weight excluding hydrogens is 542 g/mol. The van der Waals surface area contributed by atoms with Crippen molar-refractivity contribution in [2.45, 2.75) is 22.2 Å². The van der Waals surface area contributed by atoms with Crippen molar-refractivity contribution in [1.29, 1.82) is 0 Å². The molecule has 1 nitrogen and oxygen atoms in total. The van der Waals surface area contributed by atoms with Gasteiger partial charge in [0, 0.05) is 31.2 Å². The largest absolute Gasteiger partial charge is 0.460 e. The number of nitrogens with zero attached hydrogens (tertiary/aromatic N) is 1. The summed E-state index contributed by atoms with van der Waals surface area (Å²) in [5, 5.41) is -5.36. The number of halogens is 10. The minimum atomic E-state index is -6.41. The Hall–Kier alpha value is -0.520. The Kier molecular flexibility index (Phi) is 6.26. The first-order chi connectivity index (χ1) is 11.8. The van der Waals surface area contributed by atoms with E-state index < -0.39 is 34.0 Å². The zero-order valence-corrected chi connectivity index (χ0v) is 16.8. The minimum Gasteiger partial charge on any atom is -0.244 e. The van der Waals surface area contributed by atoms with E-state index in [9.17, 15) is 30.7 Å². The van der Waals surface area contributed by atoms with Gasteiger partial charge in [-0.25, -0.2) is 4.98 Å². The van der Waals surface area contributed by atoms with Crippen LogP contribution in [-0.4, -0.2) is 22.3 Å². The van der Waals surface area contributed by atoms with Gasteiger partial charge in [-0.3, -0.25) is 0 Å². The maximum Gasteiger partial charge on any atom is 0.460 e. The van der Waals surface area contributed by atoms with Gasteiger partial charge in [0.15, 0.2) is 0 Å². The van der Waals surface area contributed by atoms with E-state index in [1.54, 1.807) is 0 Å². The lowest BCUT2D eigenvalue weighted by atomic mass is 10.1. The highest BCUT2D eigenvalue weighted by atomic mass is 79.9. The highest BCUT2D eigenvalue weighted by Gasteiger charge is 2.73. The Morgan fingerprint density at radius 3 is 2.08 bits per heavy atom. The maximum atomic E-state index is 13.8. The highest BCUT2D eigenvalue weighted by Crippen LogP contribution is 2.55. The second kappa shape index (κ2) is 7.48. The van der Waals surface area contributed by atoms with Crippen LogP contribution in [0.25, 0.3) is 11.1 Å². The van der Waals surface area contributed by atoms with Gasteiger partial charge in [-0.2, -0.15) is 30.7 Å². The van der Waals surface area contributed by atoms with Gasteiger partial charge in [0.05, 0.1) is 0 Å². The predicted octanol–water partition coefficient (Wildman–Crippen LogP) is 7.81. The summed E-state index contributed by atoms with van der Waals surface area (Å²) in [5.41, 5.74) is 0.169. The van der Waals surface area contributed by atoms with Gasteiger partial charge in [0.25, 0.3) is 0 Å². The quantitative estimate of drug-likeness (QED) is 0.220. The van der Waals surface area contributed by atoms with E-state index in [0.29, 0.717) is 0 Å². The number of benzene rings is 1. The second-order valence-electron chi connectivity index (χ2n) is 4.82. The van der Waals surface area contributed by atoms with Gasteiger partial charge in [0.2, 0.25) is 0 Å². The van der Waals surface area contributed by atoms with Crippen LogP contribution in [0.2, 0.25) is 5.15 Å². The summed E-state index contributed by atoms with van der Waals surface area (Å²) in [6, 6.07) is 5.13. The first-order valence-electron chi connectivity index (χ1n) is 6.38. The zero-order valence-electron chi connectivity index (χ0n) is 12.0. The summed E-state index contributed by atoms with van der Waals surface area (Å²) in [6.07, 6.45) is -5.23. The van der Waals surface area contributed by atoms with Crippen molar-refractivity contribution in [3.05, 3.63) is 44.6 Å². The molecule has 12 heteroatoms. The second-order valence-corrected chi connectivity index (χ2v) is 8.14. The molecule has 0 unspecified atom stereocenters. The van der Waals surface area contributed by atoms with Crippen LogP contribution in [0, 0.1) is 0 Å². The van der Waals surface area contributed by atoms with Crippen LogP contribution in [0.1, 0.15) is 0 Å². The van der Waals surface area contributed by atoms with Crippen LogP contribution in [-0.2, 0) is 0 Å². The summed E-state index contributed by atoms with van der Waals surface area (Å²) >= 11 is 10.8. The van der Waals surface area contributed by atoms with Crippen molar-refractivity contribution >= 4 is 55.2 Å². The van der Waals surface area contributed by atoms with E-state index in [4.69, 9.17) is 11.6 Å². The van der Waals surface area contributed by atoms with Crippen LogP contribution in [0.4, 0.5) is 30.7 Å². The summed E-state index contributed by atoms with van der Waals surface area (Å²) in [4.78, 5) is 3.24. The highest BCUT2D eigenvalue weighted by molar-refractivity contribution is 9.11. The van der Waals surface area contributed by atoms with Gasteiger partial charge >= 0.3 is 17.4 Å². The van der Waals surface area contributed by atoms with Crippen LogP contribution in [0.15, 0.2) is 44.3 Å². The molecule has 0 saturated carbocycles. The molecule has 0 bridgehead atoms. The lowest BCUT2D eigenvalue weighted by molar-refractivity contribution is -0.330. The Bertz CT molecular complexity index is 812. The van der Waals surface area contributed by atoms with E-state index in [2.05, 4.69) is 36.8 Å². The molecule has 1 heterocycles. The summed E-state index contributed by atoms with van der Waals surface area (Å²) in [5.74, 6) is -6.23. The molecule has 0 saturated heterocycles. The van der Waals surface area contributed by atoms with Crippen LogP contribution < -0.4 is 0 Å². The fourth-order valence-corrected chi connectivity index (χ4v) is 4.69. The summed E-state index contributed by atoms with van der Waals surface area (Å²) < 4.78 is 91.6. The third kappa shape index (κ3) is 4.31. The maximum absolute atomic E-state index is 13.8. The fourth-order valence-electron chi connectivity index (χ4n) is 1.80. The third-order valence-electron chi connectivity index (χ3n) is 2.99. The van der Waals surface area contributed by atoms with E-state index >= 15 is 0 Å². The van der Waals surface area contributed by atoms with E-state index in [1.165, 1.54) is 24.4 Å². The number of rotatable bonds is 4. The summed E-state index contributed by atoms with van der Waals surface area (Å²) in [6.45, 7) is 0. The predicted molar refractivity (Wildman–Crippen MR) is 91.9 cm³/mol. The van der Waals surface area contributed by atoms with Crippen LogP contribution in [0.3, 0.4) is 0 Å². The average molecular weight is 548 g/mol. The average Bonchev–Trinajstić information content (AvgIpc) is 2.46. The van der Waals surface area contributed by atoms with E-state index in [-0.39, 0.29) is 25.2 Å². The van der Waals surface area contributed by atoms with Crippen molar-refractivity contribution in [2.75, 3.05) is 0 Å². The standard InChI is InChI=1S/C14H5Br2ClF7NS/c15-7-3-8(16)11(6-1-2-10(17)25-5-6)9(4-7)26-14(23,24)12(18,19)13(20,21)22/h1-5H. The smallest absolute Gasteiger partial charge is 0.244 e. The molecule has 1 aromatic heterocycles. The van der Waals surface area contributed by atoms with Crippen LogP contribution in [0.5, 0.6) is 0 Å². The Labute approximate surface area is 168 Å². The van der Waals surface area contributed by atoms with E-state index in [0.717, 1.165) is 6.07 Å². The van der Waals surface area contributed by atoms with Gasteiger partial charge in [-0.1, -0.05) is 43.5 Å². The van der Waals surface area contributed by atoms with Crippen molar-refractivity contribution in [2.24, 2.45) is 0 Å². The fraction of sp³-hybridized carbons (Fsp3) is 0.214.